The summed E-state index contributed by atoms with van der Waals surface area (Å²) in [6, 6.07) is -0.00579. The van der Waals surface area contributed by atoms with E-state index in [0.29, 0.717) is 13.0 Å². The average Bonchev–Trinajstić information content (AvgIpc) is 3.06. The second-order valence-electron chi connectivity index (χ2n) is 8.33. The van der Waals surface area contributed by atoms with Gasteiger partial charge in [0.05, 0.1) is 17.4 Å². The fourth-order valence-electron chi connectivity index (χ4n) is 3.71. The fourth-order valence-corrected chi connectivity index (χ4v) is 3.71. The first kappa shape index (κ1) is 18.7. The van der Waals surface area contributed by atoms with Crippen molar-refractivity contribution in [3.8, 4) is 0 Å². The summed E-state index contributed by atoms with van der Waals surface area (Å²) in [6.07, 6.45) is 3.69. The monoisotopic (exact) mass is 363 g/mol. The third kappa shape index (κ3) is 4.16. The van der Waals surface area contributed by atoms with Crippen molar-refractivity contribution in [1.82, 2.24) is 25.2 Å². The molecule has 26 heavy (non-hydrogen) atoms. The van der Waals surface area contributed by atoms with Crippen LogP contribution in [-0.4, -0.2) is 69.0 Å². The Balaban J connectivity index is 1.59. The van der Waals surface area contributed by atoms with E-state index < -0.39 is 5.60 Å². The van der Waals surface area contributed by atoms with Crippen LogP contribution in [0.25, 0.3) is 0 Å². The van der Waals surface area contributed by atoms with E-state index in [1.807, 2.05) is 25.7 Å². The number of H-pyrrole nitrogens is 1. The number of rotatable bonds is 2. The molecule has 1 fully saturated rings. The van der Waals surface area contributed by atoms with Crippen LogP contribution in [0, 0.1) is 5.92 Å². The summed E-state index contributed by atoms with van der Waals surface area (Å²) >= 11 is 0. The third-order valence-corrected chi connectivity index (χ3v) is 5.16. The van der Waals surface area contributed by atoms with Gasteiger partial charge in [-0.1, -0.05) is 0 Å². The zero-order valence-corrected chi connectivity index (χ0v) is 16.1. The van der Waals surface area contributed by atoms with Gasteiger partial charge in [0.1, 0.15) is 5.60 Å². The standard InChI is InChI=1S/C18H29N5O3/c1-18(2,3)26-17(25)22(4)13-6-5-9-23(11-13)16(24)12-7-8-14-15(10-12)20-21-19-14/h12-13H,5-11H2,1-4H3,(H,19,20,21)/t12-,13+/m1/s1. The molecular formula is C18H29N5O3. The summed E-state index contributed by atoms with van der Waals surface area (Å²) < 4.78 is 5.46. The second kappa shape index (κ2) is 7.25. The number of piperidine rings is 1. The summed E-state index contributed by atoms with van der Waals surface area (Å²) in [5.74, 6) is 0.124. The van der Waals surface area contributed by atoms with Crippen LogP contribution in [0.15, 0.2) is 0 Å². The first-order valence-corrected chi connectivity index (χ1v) is 9.37. The summed E-state index contributed by atoms with van der Waals surface area (Å²) in [5.41, 5.74) is 1.37. The minimum Gasteiger partial charge on any atom is -0.444 e. The Kier molecular flexibility index (Phi) is 5.20. The maximum atomic E-state index is 13.0. The number of hydrogen-bond acceptors (Lipinski definition) is 5. The van der Waals surface area contributed by atoms with Crippen LogP contribution in [0.3, 0.4) is 0 Å². The zero-order valence-electron chi connectivity index (χ0n) is 16.1. The molecule has 1 N–H and O–H groups in total. The van der Waals surface area contributed by atoms with E-state index in [4.69, 9.17) is 4.74 Å². The minimum absolute atomic E-state index is 0.00579. The molecule has 3 rings (SSSR count). The van der Waals surface area contributed by atoms with Crippen LogP contribution < -0.4 is 0 Å². The van der Waals surface area contributed by atoms with Gasteiger partial charge in [-0.15, -0.1) is 0 Å². The normalized spacial score (nSPS) is 23.3. The number of fused-ring (bicyclic) bond motifs is 1. The van der Waals surface area contributed by atoms with Crippen molar-refractivity contribution in [2.45, 2.75) is 64.5 Å². The number of ether oxygens (including phenoxy) is 1. The largest absolute Gasteiger partial charge is 0.444 e. The lowest BCUT2D eigenvalue weighted by atomic mass is 9.88. The van der Waals surface area contributed by atoms with Gasteiger partial charge in [0.25, 0.3) is 0 Å². The maximum absolute atomic E-state index is 13.0. The van der Waals surface area contributed by atoms with Crippen molar-refractivity contribution in [3.63, 3.8) is 0 Å². The highest BCUT2D eigenvalue weighted by Gasteiger charge is 2.35. The molecule has 0 aromatic carbocycles. The fraction of sp³-hybridized carbons (Fsp3) is 0.778. The quantitative estimate of drug-likeness (QED) is 0.865. The second-order valence-corrected chi connectivity index (χ2v) is 8.33. The lowest BCUT2D eigenvalue weighted by molar-refractivity contribution is -0.138. The van der Waals surface area contributed by atoms with Gasteiger partial charge in [-0.2, -0.15) is 15.4 Å². The topological polar surface area (TPSA) is 91.4 Å². The first-order chi connectivity index (χ1) is 12.2. The van der Waals surface area contributed by atoms with Gasteiger partial charge < -0.3 is 14.5 Å². The Labute approximate surface area is 154 Å². The van der Waals surface area contributed by atoms with Crippen LogP contribution in [-0.2, 0) is 22.4 Å². The van der Waals surface area contributed by atoms with E-state index >= 15 is 0 Å². The summed E-state index contributed by atoms with van der Waals surface area (Å²) in [7, 11) is 1.76. The molecule has 2 amide bonds. The molecule has 0 spiro atoms. The molecule has 2 aliphatic rings. The molecule has 8 nitrogen and oxygen atoms in total. The van der Waals surface area contributed by atoms with Gasteiger partial charge in [0, 0.05) is 32.5 Å². The Morgan fingerprint density at radius 1 is 1.23 bits per heavy atom. The maximum Gasteiger partial charge on any atom is 0.410 e. The van der Waals surface area contributed by atoms with E-state index in [1.54, 1.807) is 11.9 Å². The molecule has 8 heteroatoms. The number of hydrogen-bond donors (Lipinski definition) is 1. The molecule has 2 heterocycles. The summed E-state index contributed by atoms with van der Waals surface area (Å²) in [4.78, 5) is 28.9. The van der Waals surface area contributed by atoms with Gasteiger partial charge in [-0.25, -0.2) is 4.79 Å². The van der Waals surface area contributed by atoms with Crippen LogP contribution in [0.5, 0.6) is 0 Å². The van der Waals surface area contributed by atoms with Crippen molar-refractivity contribution in [2.24, 2.45) is 5.92 Å². The van der Waals surface area contributed by atoms with E-state index in [2.05, 4.69) is 15.4 Å². The number of carbonyl (C=O) groups is 2. The molecule has 144 valence electrons. The molecule has 0 bridgehead atoms. The highest BCUT2D eigenvalue weighted by atomic mass is 16.6. The molecule has 2 atom stereocenters. The average molecular weight is 363 g/mol. The summed E-state index contributed by atoms with van der Waals surface area (Å²) in [6.45, 7) is 6.89. The molecule has 1 aromatic rings. The predicted octanol–water partition coefficient (Wildman–Crippen LogP) is 1.77. The number of nitrogens with one attached hydrogen (secondary N) is 1. The van der Waals surface area contributed by atoms with Crippen molar-refractivity contribution in [3.05, 3.63) is 11.4 Å². The molecule has 1 aromatic heterocycles. The van der Waals surface area contributed by atoms with Crippen molar-refractivity contribution >= 4 is 12.0 Å². The summed E-state index contributed by atoms with van der Waals surface area (Å²) in [5, 5.41) is 10.9. The number of likely N-dealkylation sites (tertiary alicyclic amines) is 1. The highest BCUT2D eigenvalue weighted by Crippen LogP contribution is 2.26. The molecule has 1 aliphatic carbocycles. The predicted molar refractivity (Wildman–Crippen MR) is 95.5 cm³/mol. The number of amides is 2. The van der Waals surface area contributed by atoms with Gasteiger partial charge in [0.15, 0.2) is 0 Å². The van der Waals surface area contributed by atoms with Crippen LogP contribution in [0.4, 0.5) is 4.79 Å². The van der Waals surface area contributed by atoms with Crippen molar-refractivity contribution in [2.75, 3.05) is 20.1 Å². The van der Waals surface area contributed by atoms with E-state index in [9.17, 15) is 9.59 Å². The number of carbonyl (C=O) groups excluding carboxylic acids is 2. The van der Waals surface area contributed by atoms with Crippen LogP contribution in [0.2, 0.25) is 0 Å². The Morgan fingerprint density at radius 3 is 2.69 bits per heavy atom. The SMILES string of the molecule is CN(C(=O)OC(C)(C)C)[C@H]1CCCN(C(=O)[C@@H]2CCc3n[nH]nc3C2)C1. The number of nitrogens with zero attached hydrogens (tertiary/aromatic N) is 4. The van der Waals surface area contributed by atoms with Gasteiger partial charge in [-0.05, 0) is 46.5 Å². The number of aryl methyl sites for hydroxylation is 1. The lowest BCUT2D eigenvalue weighted by Crippen LogP contribution is -2.52. The minimum atomic E-state index is -0.521. The molecule has 1 saturated heterocycles. The van der Waals surface area contributed by atoms with Crippen molar-refractivity contribution < 1.29 is 14.3 Å². The number of aromatic nitrogens is 3. The highest BCUT2D eigenvalue weighted by molar-refractivity contribution is 5.79. The molecule has 0 saturated carbocycles. The smallest absolute Gasteiger partial charge is 0.410 e. The number of likely N-dealkylation sites (N-methyl/N-ethyl adjacent to an activating group) is 1. The molecule has 0 unspecified atom stereocenters. The Morgan fingerprint density at radius 2 is 1.96 bits per heavy atom. The Bertz CT molecular complexity index is 666. The zero-order chi connectivity index (χ0) is 18.9. The van der Waals surface area contributed by atoms with Gasteiger partial charge in [0.2, 0.25) is 5.91 Å². The van der Waals surface area contributed by atoms with Crippen LogP contribution in [0.1, 0.15) is 51.4 Å². The van der Waals surface area contributed by atoms with E-state index in [-0.39, 0.29) is 24.0 Å². The van der Waals surface area contributed by atoms with Gasteiger partial charge in [-0.3, -0.25) is 4.79 Å². The van der Waals surface area contributed by atoms with Crippen molar-refractivity contribution in [1.29, 1.82) is 0 Å². The van der Waals surface area contributed by atoms with E-state index in [0.717, 1.165) is 43.6 Å². The molecule has 1 aliphatic heterocycles. The Hall–Kier alpha value is -2.12. The third-order valence-electron chi connectivity index (χ3n) is 5.16. The van der Waals surface area contributed by atoms with Crippen LogP contribution >= 0.6 is 0 Å². The van der Waals surface area contributed by atoms with Gasteiger partial charge >= 0.3 is 6.09 Å². The molecule has 0 radical (unpaired) electrons. The lowest BCUT2D eigenvalue weighted by Gasteiger charge is -2.39. The first-order valence-electron chi connectivity index (χ1n) is 9.37. The number of aromatic amines is 1. The molecular weight excluding hydrogens is 334 g/mol. The van der Waals surface area contributed by atoms with E-state index in [1.165, 1.54) is 0 Å².